The Kier molecular flexibility index (Phi) is 2.61. The summed E-state index contributed by atoms with van der Waals surface area (Å²) in [6.07, 6.45) is 0. The van der Waals surface area contributed by atoms with Crippen molar-refractivity contribution < 1.29 is 4.39 Å². The van der Waals surface area contributed by atoms with Crippen LogP contribution in [0.25, 0.3) is 10.4 Å². The molecule has 0 radical (unpaired) electrons. The van der Waals surface area contributed by atoms with E-state index >= 15 is 0 Å². The first kappa shape index (κ1) is 9.37. The Morgan fingerprint density at radius 3 is 2.71 bits per heavy atom. The molecule has 2 aromatic rings. The van der Waals surface area contributed by atoms with E-state index in [2.05, 4.69) is 0 Å². The maximum absolute atomic E-state index is 13.4. The molecule has 2 rings (SSSR count). The summed E-state index contributed by atoms with van der Waals surface area (Å²) in [5.74, 6) is -0.182. The highest BCUT2D eigenvalue weighted by molar-refractivity contribution is 7.13. The van der Waals surface area contributed by atoms with Crippen molar-refractivity contribution in [1.82, 2.24) is 0 Å². The molecule has 2 N–H and O–H groups in total. The Bertz CT molecular complexity index is 436. The summed E-state index contributed by atoms with van der Waals surface area (Å²) in [4.78, 5) is 0.934. The molecule has 0 spiro atoms. The third-order valence-corrected chi connectivity index (χ3v) is 3.04. The lowest BCUT2D eigenvalue weighted by molar-refractivity contribution is 0.631. The van der Waals surface area contributed by atoms with Gasteiger partial charge in [0.1, 0.15) is 5.82 Å². The van der Waals surface area contributed by atoms with Crippen LogP contribution in [0.15, 0.2) is 35.7 Å². The summed E-state index contributed by atoms with van der Waals surface area (Å²) in [6.45, 7) is 0.505. The third kappa shape index (κ3) is 1.69. The molecule has 0 saturated heterocycles. The highest BCUT2D eigenvalue weighted by Gasteiger charge is 2.05. The van der Waals surface area contributed by atoms with E-state index in [1.165, 1.54) is 17.4 Å². The molecule has 0 aliphatic heterocycles. The first-order valence-electron chi connectivity index (χ1n) is 4.33. The second-order valence-corrected chi connectivity index (χ2v) is 3.91. The van der Waals surface area contributed by atoms with E-state index in [1.54, 1.807) is 12.1 Å². The molecule has 14 heavy (non-hydrogen) atoms. The molecular formula is C11H10FNS. The van der Waals surface area contributed by atoms with Crippen LogP contribution in [0.1, 0.15) is 5.56 Å². The topological polar surface area (TPSA) is 26.0 Å². The fraction of sp³-hybridized carbons (Fsp3) is 0.0909. The molecule has 0 saturated carbocycles. The normalized spacial score (nSPS) is 10.4. The average Bonchev–Trinajstić information content (AvgIpc) is 2.67. The number of hydrogen-bond donors (Lipinski definition) is 1. The van der Waals surface area contributed by atoms with Gasteiger partial charge in [-0.15, -0.1) is 11.3 Å². The molecular weight excluding hydrogens is 197 g/mol. The molecule has 0 fully saturated rings. The van der Waals surface area contributed by atoms with E-state index < -0.39 is 0 Å². The van der Waals surface area contributed by atoms with Crippen molar-refractivity contribution in [2.75, 3.05) is 0 Å². The Morgan fingerprint density at radius 2 is 2.07 bits per heavy atom. The van der Waals surface area contributed by atoms with Crippen LogP contribution in [0, 0.1) is 5.82 Å². The molecule has 0 aliphatic carbocycles. The van der Waals surface area contributed by atoms with Crippen LogP contribution >= 0.6 is 11.3 Å². The smallest absolute Gasteiger partial charge is 0.131 e. The Hall–Kier alpha value is -1.19. The molecule has 1 aromatic carbocycles. The van der Waals surface area contributed by atoms with Crippen LogP contribution in [0.3, 0.4) is 0 Å². The van der Waals surface area contributed by atoms with Gasteiger partial charge < -0.3 is 5.73 Å². The van der Waals surface area contributed by atoms with Crippen molar-refractivity contribution in [2.24, 2.45) is 5.73 Å². The molecule has 72 valence electrons. The van der Waals surface area contributed by atoms with Crippen molar-refractivity contribution in [1.29, 1.82) is 0 Å². The third-order valence-electron chi connectivity index (χ3n) is 2.03. The minimum absolute atomic E-state index is 0.182. The van der Waals surface area contributed by atoms with Gasteiger partial charge in [0.2, 0.25) is 0 Å². The maximum atomic E-state index is 13.4. The summed E-state index contributed by atoms with van der Waals surface area (Å²) in [6, 6.07) is 8.71. The van der Waals surface area contributed by atoms with Gasteiger partial charge in [0.05, 0.1) is 0 Å². The lowest BCUT2D eigenvalue weighted by atomic mass is 10.1. The van der Waals surface area contributed by atoms with Gasteiger partial charge >= 0.3 is 0 Å². The van der Waals surface area contributed by atoms with Gasteiger partial charge in [0.25, 0.3) is 0 Å². The number of rotatable bonds is 2. The molecule has 3 heteroatoms. The van der Waals surface area contributed by atoms with E-state index in [4.69, 9.17) is 5.73 Å². The molecule has 0 amide bonds. The van der Waals surface area contributed by atoms with E-state index in [0.29, 0.717) is 12.1 Å². The van der Waals surface area contributed by atoms with Crippen molar-refractivity contribution in [3.05, 3.63) is 47.1 Å². The van der Waals surface area contributed by atoms with Crippen LogP contribution < -0.4 is 5.73 Å². The SMILES string of the molecule is NCc1csc(-c2ccccc2F)c1. The van der Waals surface area contributed by atoms with Crippen molar-refractivity contribution >= 4 is 11.3 Å². The molecule has 0 unspecified atom stereocenters. The highest BCUT2D eigenvalue weighted by atomic mass is 32.1. The summed E-state index contributed by atoms with van der Waals surface area (Å²) in [5.41, 5.74) is 7.19. The first-order valence-corrected chi connectivity index (χ1v) is 5.21. The predicted molar refractivity (Wildman–Crippen MR) is 57.6 cm³/mol. The number of thiophene rings is 1. The lowest BCUT2D eigenvalue weighted by Crippen LogP contribution is -1.92. The van der Waals surface area contributed by atoms with Crippen LogP contribution in [0.4, 0.5) is 4.39 Å². The van der Waals surface area contributed by atoms with Gasteiger partial charge in [-0.25, -0.2) is 4.39 Å². The fourth-order valence-electron chi connectivity index (χ4n) is 1.28. The van der Waals surface area contributed by atoms with Crippen molar-refractivity contribution in [2.45, 2.75) is 6.54 Å². The van der Waals surface area contributed by atoms with Gasteiger partial charge in [0, 0.05) is 17.0 Å². The van der Waals surface area contributed by atoms with Crippen molar-refractivity contribution in [3.8, 4) is 10.4 Å². The summed E-state index contributed by atoms with van der Waals surface area (Å²) in [7, 11) is 0. The zero-order valence-corrected chi connectivity index (χ0v) is 8.35. The standard InChI is InChI=1S/C11H10FNS/c12-10-4-2-1-3-9(10)11-5-8(6-13)7-14-11/h1-5,7H,6,13H2. The van der Waals surface area contributed by atoms with E-state index in [0.717, 1.165) is 10.4 Å². The molecule has 0 aliphatic rings. The van der Waals surface area contributed by atoms with Gasteiger partial charge in [-0.2, -0.15) is 0 Å². The monoisotopic (exact) mass is 207 g/mol. The first-order chi connectivity index (χ1) is 6.81. The minimum Gasteiger partial charge on any atom is -0.326 e. The minimum atomic E-state index is -0.182. The summed E-state index contributed by atoms with van der Waals surface area (Å²) in [5, 5.41) is 1.96. The zero-order chi connectivity index (χ0) is 9.97. The number of benzene rings is 1. The largest absolute Gasteiger partial charge is 0.326 e. The maximum Gasteiger partial charge on any atom is 0.131 e. The van der Waals surface area contributed by atoms with E-state index in [9.17, 15) is 4.39 Å². The van der Waals surface area contributed by atoms with E-state index in [-0.39, 0.29) is 5.82 Å². The second kappa shape index (κ2) is 3.90. The average molecular weight is 207 g/mol. The van der Waals surface area contributed by atoms with Gasteiger partial charge in [0.15, 0.2) is 0 Å². The fourth-order valence-corrected chi connectivity index (χ4v) is 2.24. The van der Waals surface area contributed by atoms with Crippen LogP contribution in [0.5, 0.6) is 0 Å². The molecule has 0 bridgehead atoms. The second-order valence-electron chi connectivity index (χ2n) is 3.00. The van der Waals surface area contributed by atoms with Gasteiger partial charge in [-0.05, 0) is 23.1 Å². The van der Waals surface area contributed by atoms with Crippen LogP contribution in [-0.4, -0.2) is 0 Å². The van der Waals surface area contributed by atoms with Gasteiger partial charge in [-0.3, -0.25) is 0 Å². The number of hydrogen-bond acceptors (Lipinski definition) is 2. The van der Waals surface area contributed by atoms with Crippen LogP contribution in [-0.2, 0) is 6.54 Å². The zero-order valence-electron chi connectivity index (χ0n) is 7.53. The Balaban J connectivity index is 2.44. The highest BCUT2D eigenvalue weighted by Crippen LogP contribution is 2.28. The number of halogens is 1. The summed E-state index contributed by atoms with van der Waals surface area (Å²) < 4.78 is 13.4. The van der Waals surface area contributed by atoms with E-state index in [1.807, 2.05) is 17.5 Å². The molecule has 1 nitrogen and oxygen atoms in total. The molecule has 1 heterocycles. The Morgan fingerprint density at radius 1 is 1.29 bits per heavy atom. The van der Waals surface area contributed by atoms with Crippen LogP contribution in [0.2, 0.25) is 0 Å². The number of nitrogens with two attached hydrogens (primary N) is 1. The Labute approximate surface area is 86.0 Å². The van der Waals surface area contributed by atoms with Gasteiger partial charge in [-0.1, -0.05) is 18.2 Å². The quantitative estimate of drug-likeness (QED) is 0.804. The predicted octanol–water partition coefficient (Wildman–Crippen LogP) is 3.01. The van der Waals surface area contributed by atoms with Crippen molar-refractivity contribution in [3.63, 3.8) is 0 Å². The summed E-state index contributed by atoms with van der Waals surface area (Å²) >= 11 is 1.52. The molecule has 0 atom stereocenters. The molecule has 1 aromatic heterocycles. The lowest BCUT2D eigenvalue weighted by Gasteiger charge is -1.97.